The molecule has 1 aromatic carbocycles. The van der Waals surface area contributed by atoms with Gasteiger partial charge in [-0.05, 0) is 40.5 Å². The van der Waals surface area contributed by atoms with Crippen LogP contribution in [0, 0.1) is 5.82 Å². The van der Waals surface area contributed by atoms with E-state index in [0.29, 0.717) is 11.3 Å². The molecular formula is C12H12BrFN2O. The largest absolute Gasteiger partial charge is 0.494 e. The van der Waals surface area contributed by atoms with E-state index in [0.717, 1.165) is 16.6 Å². The van der Waals surface area contributed by atoms with Crippen LogP contribution in [0.1, 0.15) is 12.6 Å². The third-order valence-corrected chi connectivity index (χ3v) is 3.41. The average Bonchev–Trinajstić information content (AvgIpc) is 2.70. The first-order valence-corrected chi connectivity index (χ1v) is 6.03. The van der Waals surface area contributed by atoms with Crippen molar-refractivity contribution in [3.63, 3.8) is 0 Å². The van der Waals surface area contributed by atoms with Crippen molar-refractivity contribution in [2.24, 2.45) is 0 Å². The number of H-pyrrole nitrogens is 1. The molecule has 0 fully saturated rings. The Morgan fingerprint density at radius 1 is 1.47 bits per heavy atom. The number of ether oxygens (including phenoxy) is 1. The highest BCUT2D eigenvalue weighted by Crippen LogP contribution is 2.31. The summed E-state index contributed by atoms with van der Waals surface area (Å²) >= 11 is 3.46. The fraction of sp³-hybridized carbons (Fsp3) is 0.250. The summed E-state index contributed by atoms with van der Waals surface area (Å²) in [5.41, 5.74) is 2.42. The highest BCUT2D eigenvalue weighted by atomic mass is 79.9. The molecule has 0 radical (unpaired) electrons. The summed E-state index contributed by atoms with van der Waals surface area (Å²) in [6.45, 7) is 2.02. The summed E-state index contributed by atoms with van der Waals surface area (Å²) in [6, 6.07) is 4.79. The number of methoxy groups -OCH3 is 1. The Morgan fingerprint density at radius 2 is 2.24 bits per heavy atom. The molecule has 0 aliphatic heterocycles. The van der Waals surface area contributed by atoms with Gasteiger partial charge in [0.1, 0.15) is 5.69 Å². The molecule has 3 nitrogen and oxygen atoms in total. The van der Waals surface area contributed by atoms with Crippen molar-refractivity contribution in [1.29, 1.82) is 0 Å². The van der Waals surface area contributed by atoms with Crippen LogP contribution in [0.2, 0.25) is 0 Å². The quantitative estimate of drug-likeness (QED) is 0.941. The van der Waals surface area contributed by atoms with Crippen molar-refractivity contribution in [3.8, 4) is 17.0 Å². The second-order valence-corrected chi connectivity index (χ2v) is 4.36. The summed E-state index contributed by atoms with van der Waals surface area (Å²) in [5, 5.41) is 7.09. The number of hydrogen-bond donors (Lipinski definition) is 1. The van der Waals surface area contributed by atoms with Gasteiger partial charge < -0.3 is 4.74 Å². The average molecular weight is 299 g/mol. The number of nitrogens with one attached hydrogen (secondary N) is 1. The van der Waals surface area contributed by atoms with Crippen molar-refractivity contribution in [2.75, 3.05) is 7.11 Å². The van der Waals surface area contributed by atoms with E-state index in [2.05, 4.69) is 26.1 Å². The van der Waals surface area contributed by atoms with Crippen molar-refractivity contribution < 1.29 is 9.13 Å². The Balaban J connectivity index is 2.46. The van der Waals surface area contributed by atoms with Gasteiger partial charge in [-0.2, -0.15) is 5.10 Å². The summed E-state index contributed by atoms with van der Waals surface area (Å²) < 4.78 is 19.3. The second-order valence-electron chi connectivity index (χ2n) is 3.57. The molecule has 0 aliphatic rings. The molecule has 2 aromatic rings. The molecule has 0 unspecified atom stereocenters. The predicted molar refractivity (Wildman–Crippen MR) is 67.6 cm³/mol. The molecule has 1 aromatic heterocycles. The van der Waals surface area contributed by atoms with Crippen LogP contribution in [0.15, 0.2) is 22.7 Å². The molecule has 0 spiro atoms. The summed E-state index contributed by atoms with van der Waals surface area (Å²) in [7, 11) is 1.44. The maximum Gasteiger partial charge on any atom is 0.165 e. The number of hydrogen-bond acceptors (Lipinski definition) is 2. The first-order valence-electron chi connectivity index (χ1n) is 5.24. The van der Waals surface area contributed by atoms with Gasteiger partial charge in [-0.3, -0.25) is 5.10 Å². The Hall–Kier alpha value is -1.36. The molecular weight excluding hydrogens is 287 g/mol. The second kappa shape index (κ2) is 4.87. The van der Waals surface area contributed by atoms with Gasteiger partial charge >= 0.3 is 0 Å². The van der Waals surface area contributed by atoms with E-state index in [-0.39, 0.29) is 5.75 Å². The number of aromatic amines is 1. The van der Waals surface area contributed by atoms with Crippen LogP contribution in [-0.2, 0) is 6.42 Å². The van der Waals surface area contributed by atoms with Crippen molar-refractivity contribution in [1.82, 2.24) is 10.2 Å². The van der Waals surface area contributed by atoms with E-state index >= 15 is 0 Å². The van der Waals surface area contributed by atoms with Gasteiger partial charge in [-0.25, -0.2) is 4.39 Å². The highest BCUT2D eigenvalue weighted by molar-refractivity contribution is 9.10. The fourth-order valence-electron chi connectivity index (χ4n) is 1.60. The highest BCUT2D eigenvalue weighted by Gasteiger charge is 2.13. The normalized spacial score (nSPS) is 10.6. The van der Waals surface area contributed by atoms with Crippen LogP contribution in [0.5, 0.6) is 5.75 Å². The summed E-state index contributed by atoms with van der Waals surface area (Å²) in [4.78, 5) is 0. The third kappa shape index (κ3) is 2.20. The molecule has 1 heterocycles. The minimum absolute atomic E-state index is 0.233. The maximum absolute atomic E-state index is 13.6. The van der Waals surface area contributed by atoms with Crippen LogP contribution >= 0.6 is 15.9 Å². The van der Waals surface area contributed by atoms with Gasteiger partial charge in [0.2, 0.25) is 0 Å². The Kier molecular flexibility index (Phi) is 3.47. The zero-order chi connectivity index (χ0) is 12.4. The lowest BCUT2D eigenvalue weighted by Gasteiger charge is -2.03. The van der Waals surface area contributed by atoms with Crippen LogP contribution in [0.25, 0.3) is 11.3 Å². The van der Waals surface area contributed by atoms with Crippen LogP contribution < -0.4 is 4.74 Å². The number of rotatable bonds is 3. The molecule has 0 amide bonds. The molecule has 5 heteroatoms. The molecule has 17 heavy (non-hydrogen) atoms. The number of benzene rings is 1. The van der Waals surface area contributed by atoms with Crippen LogP contribution in [0.3, 0.4) is 0 Å². The van der Waals surface area contributed by atoms with E-state index in [9.17, 15) is 4.39 Å². The van der Waals surface area contributed by atoms with Gasteiger partial charge in [-0.1, -0.05) is 6.92 Å². The van der Waals surface area contributed by atoms with E-state index in [1.165, 1.54) is 13.2 Å². The van der Waals surface area contributed by atoms with Crippen molar-refractivity contribution >= 4 is 15.9 Å². The van der Waals surface area contributed by atoms with Gasteiger partial charge in [0, 0.05) is 11.3 Å². The van der Waals surface area contributed by atoms with Crippen LogP contribution in [-0.4, -0.2) is 17.3 Å². The fourth-order valence-corrected chi connectivity index (χ4v) is 2.29. The van der Waals surface area contributed by atoms with Crippen molar-refractivity contribution in [3.05, 3.63) is 34.2 Å². The third-order valence-electron chi connectivity index (χ3n) is 2.55. The first kappa shape index (κ1) is 12.1. The number of nitrogens with zero attached hydrogens (tertiary/aromatic N) is 1. The van der Waals surface area contributed by atoms with E-state index < -0.39 is 5.82 Å². The van der Waals surface area contributed by atoms with Crippen LogP contribution in [0.4, 0.5) is 4.39 Å². The van der Waals surface area contributed by atoms with Crippen molar-refractivity contribution in [2.45, 2.75) is 13.3 Å². The van der Waals surface area contributed by atoms with E-state index in [1.807, 2.05) is 6.92 Å². The topological polar surface area (TPSA) is 37.9 Å². The minimum atomic E-state index is -0.391. The maximum atomic E-state index is 13.6. The number of aryl methyl sites for hydroxylation is 1. The van der Waals surface area contributed by atoms with Gasteiger partial charge in [-0.15, -0.1) is 0 Å². The Morgan fingerprint density at radius 3 is 2.76 bits per heavy atom. The lowest BCUT2D eigenvalue weighted by molar-refractivity contribution is 0.386. The lowest BCUT2D eigenvalue weighted by Crippen LogP contribution is -1.89. The Bertz CT molecular complexity index is 539. The van der Waals surface area contributed by atoms with Gasteiger partial charge in [0.15, 0.2) is 11.6 Å². The molecule has 0 atom stereocenters. The molecule has 1 N–H and O–H groups in total. The molecule has 0 aliphatic carbocycles. The SMILES string of the molecule is CCc1[nH]nc(-c2ccc(OC)c(F)c2)c1Br. The standard InChI is InChI=1S/C12H12BrFN2O/c1-3-9-11(13)12(16-15-9)7-4-5-10(17-2)8(14)6-7/h4-6H,3H2,1-2H3,(H,15,16). The Labute approximate surface area is 107 Å². The molecule has 0 saturated heterocycles. The van der Waals surface area contributed by atoms with Gasteiger partial charge in [0.05, 0.1) is 11.6 Å². The zero-order valence-electron chi connectivity index (χ0n) is 9.55. The summed E-state index contributed by atoms with van der Waals surface area (Å²) in [6.07, 6.45) is 0.840. The van der Waals surface area contributed by atoms with E-state index in [4.69, 9.17) is 4.74 Å². The summed E-state index contributed by atoms with van der Waals surface area (Å²) in [5.74, 6) is -0.158. The zero-order valence-corrected chi connectivity index (χ0v) is 11.1. The molecule has 90 valence electrons. The number of halogens is 2. The smallest absolute Gasteiger partial charge is 0.165 e. The van der Waals surface area contributed by atoms with Gasteiger partial charge in [0.25, 0.3) is 0 Å². The minimum Gasteiger partial charge on any atom is -0.494 e. The molecule has 2 rings (SSSR count). The predicted octanol–water partition coefficient (Wildman–Crippen LogP) is 3.55. The lowest BCUT2D eigenvalue weighted by atomic mass is 10.1. The number of aromatic nitrogens is 2. The molecule has 0 saturated carbocycles. The van der Waals surface area contributed by atoms with E-state index in [1.54, 1.807) is 12.1 Å². The molecule has 0 bridgehead atoms. The monoisotopic (exact) mass is 298 g/mol. The first-order chi connectivity index (χ1) is 8.17.